The van der Waals surface area contributed by atoms with Crippen molar-refractivity contribution in [3.05, 3.63) is 65.7 Å². The Morgan fingerprint density at radius 1 is 0.957 bits per heavy atom. The van der Waals surface area contributed by atoms with Crippen molar-refractivity contribution in [3.8, 4) is 5.75 Å². The Labute approximate surface area is 140 Å². The maximum absolute atomic E-state index is 11.2. The zero-order valence-electron chi connectivity index (χ0n) is 14.7. The molecule has 0 saturated heterocycles. The molecule has 0 heterocycles. The van der Waals surface area contributed by atoms with E-state index in [-0.39, 0.29) is 16.9 Å². The average molecular weight is 312 g/mol. The van der Waals surface area contributed by atoms with Gasteiger partial charge in [-0.3, -0.25) is 0 Å². The number of hydrogen-bond donors (Lipinski definition) is 1. The summed E-state index contributed by atoms with van der Waals surface area (Å²) in [6.45, 7) is 7.84. The molecule has 0 saturated carbocycles. The van der Waals surface area contributed by atoms with Crippen LogP contribution in [0.3, 0.4) is 0 Å². The van der Waals surface area contributed by atoms with Gasteiger partial charge in [-0.25, -0.2) is 0 Å². The third kappa shape index (κ3) is 5.24. The van der Waals surface area contributed by atoms with Gasteiger partial charge in [-0.15, -0.1) is 0 Å². The molecule has 2 heteroatoms. The molecule has 0 radical (unpaired) electrons. The minimum atomic E-state index is -0.148. The Morgan fingerprint density at radius 3 is 2.00 bits per heavy atom. The molecular formula is C21H28O2. The number of hydrogen-bond acceptors (Lipinski definition) is 2. The maximum atomic E-state index is 11.2. The summed E-state index contributed by atoms with van der Waals surface area (Å²) >= 11 is 0. The number of benzene rings is 2. The first kappa shape index (κ1) is 19.0. The van der Waals surface area contributed by atoms with Crippen molar-refractivity contribution >= 4 is 5.78 Å². The van der Waals surface area contributed by atoms with E-state index in [0.29, 0.717) is 6.42 Å². The van der Waals surface area contributed by atoms with E-state index >= 15 is 0 Å². The van der Waals surface area contributed by atoms with E-state index in [9.17, 15) is 9.90 Å². The molecule has 0 amide bonds. The maximum Gasteiger partial charge on any atom is 0.129 e. The summed E-state index contributed by atoms with van der Waals surface area (Å²) < 4.78 is 0. The van der Waals surface area contributed by atoms with E-state index in [4.69, 9.17) is 0 Å². The predicted molar refractivity (Wildman–Crippen MR) is 96.9 cm³/mol. The van der Waals surface area contributed by atoms with Crippen LogP contribution in [0.15, 0.2) is 54.6 Å². The lowest BCUT2D eigenvalue weighted by Gasteiger charge is -2.31. The zero-order chi connectivity index (χ0) is 17.3. The minimum absolute atomic E-state index is 0.148. The summed E-state index contributed by atoms with van der Waals surface area (Å²) in [6.07, 6.45) is 2.38. The Kier molecular flexibility index (Phi) is 7.53. The van der Waals surface area contributed by atoms with Crippen LogP contribution in [0.2, 0.25) is 0 Å². The molecule has 0 fully saturated rings. The van der Waals surface area contributed by atoms with Crippen LogP contribution in [0, 0.1) is 0 Å². The number of ketones is 1. The molecule has 0 aromatic heterocycles. The van der Waals surface area contributed by atoms with Crippen molar-refractivity contribution < 1.29 is 9.90 Å². The lowest BCUT2D eigenvalue weighted by molar-refractivity contribution is -0.117. The first-order valence-electron chi connectivity index (χ1n) is 8.37. The second-order valence-electron chi connectivity index (χ2n) is 5.80. The number of rotatable bonds is 6. The van der Waals surface area contributed by atoms with Crippen LogP contribution < -0.4 is 0 Å². The molecule has 124 valence electrons. The van der Waals surface area contributed by atoms with Crippen LogP contribution in [0.4, 0.5) is 0 Å². The van der Waals surface area contributed by atoms with E-state index in [1.54, 1.807) is 19.1 Å². The number of Topliss-reactive ketones (excluding diaryl/α,β-unsaturated/α-hetero) is 1. The van der Waals surface area contributed by atoms with Gasteiger partial charge in [0.2, 0.25) is 0 Å². The summed E-state index contributed by atoms with van der Waals surface area (Å²) in [5.41, 5.74) is 2.25. The van der Waals surface area contributed by atoms with Crippen molar-refractivity contribution in [1.29, 1.82) is 0 Å². The molecule has 0 aliphatic heterocycles. The standard InChI is InChI=1S/C19H22O2.C2H6/c1-15(20)7-6-14-19(2,16-8-4-3-5-9-16)17-10-12-18(21)13-11-17;1-2/h3-5,8-13,21H,6-7,14H2,1-2H3;1-2H3. The number of aromatic hydroxyl groups is 1. The van der Waals surface area contributed by atoms with E-state index < -0.39 is 0 Å². The van der Waals surface area contributed by atoms with Crippen LogP contribution in [0.25, 0.3) is 0 Å². The van der Waals surface area contributed by atoms with E-state index in [1.165, 1.54) is 5.56 Å². The molecule has 23 heavy (non-hydrogen) atoms. The smallest absolute Gasteiger partial charge is 0.129 e. The molecule has 1 atom stereocenters. The SMILES string of the molecule is CC.CC(=O)CCCC(C)(c1ccccc1)c1ccc(O)cc1. The van der Waals surface area contributed by atoms with Crippen molar-refractivity contribution in [2.24, 2.45) is 0 Å². The van der Waals surface area contributed by atoms with Crippen molar-refractivity contribution in [2.45, 2.75) is 52.4 Å². The van der Waals surface area contributed by atoms with Crippen molar-refractivity contribution in [1.82, 2.24) is 0 Å². The molecule has 2 aromatic carbocycles. The number of carbonyl (C=O) groups excluding carboxylic acids is 1. The fourth-order valence-electron chi connectivity index (χ4n) is 2.78. The Morgan fingerprint density at radius 2 is 1.48 bits per heavy atom. The highest BCUT2D eigenvalue weighted by Crippen LogP contribution is 2.37. The summed E-state index contributed by atoms with van der Waals surface area (Å²) in [5, 5.41) is 9.50. The first-order chi connectivity index (χ1) is 11.0. The Hall–Kier alpha value is -2.09. The van der Waals surface area contributed by atoms with Gasteiger partial charge in [0, 0.05) is 11.8 Å². The Bertz CT molecular complexity index is 587. The van der Waals surface area contributed by atoms with Crippen LogP contribution in [-0.4, -0.2) is 10.9 Å². The van der Waals surface area contributed by atoms with Gasteiger partial charge in [0.15, 0.2) is 0 Å². The average Bonchev–Trinajstić information content (AvgIpc) is 2.57. The van der Waals surface area contributed by atoms with E-state index in [0.717, 1.165) is 18.4 Å². The normalized spacial score (nSPS) is 12.7. The lowest BCUT2D eigenvalue weighted by atomic mass is 9.72. The summed E-state index contributed by atoms with van der Waals surface area (Å²) in [5.74, 6) is 0.508. The van der Waals surface area contributed by atoms with Gasteiger partial charge in [-0.1, -0.05) is 63.2 Å². The highest BCUT2D eigenvalue weighted by Gasteiger charge is 2.28. The molecule has 1 unspecified atom stereocenters. The van der Waals surface area contributed by atoms with Gasteiger partial charge in [0.05, 0.1) is 0 Å². The zero-order valence-corrected chi connectivity index (χ0v) is 14.7. The van der Waals surface area contributed by atoms with Gasteiger partial charge in [0.25, 0.3) is 0 Å². The van der Waals surface area contributed by atoms with Gasteiger partial charge >= 0.3 is 0 Å². The molecule has 0 spiro atoms. The summed E-state index contributed by atoms with van der Waals surface area (Å²) in [7, 11) is 0. The van der Waals surface area contributed by atoms with Crippen LogP contribution in [-0.2, 0) is 10.2 Å². The summed E-state index contributed by atoms with van der Waals surface area (Å²) in [6, 6.07) is 17.7. The fourth-order valence-corrected chi connectivity index (χ4v) is 2.78. The van der Waals surface area contributed by atoms with Gasteiger partial charge in [-0.05, 0) is 43.0 Å². The third-order valence-corrected chi connectivity index (χ3v) is 4.12. The number of phenols is 1. The lowest BCUT2D eigenvalue weighted by Crippen LogP contribution is -2.23. The second-order valence-corrected chi connectivity index (χ2v) is 5.80. The topological polar surface area (TPSA) is 37.3 Å². The van der Waals surface area contributed by atoms with Crippen molar-refractivity contribution in [3.63, 3.8) is 0 Å². The molecule has 2 nitrogen and oxygen atoms in total. The molecule has 0 bridgehead atoms. The highest BCUT2D eigenvalue weighted by atomic mass is 16.3. The largest absolute Gasteiger partial charge is 0.508 e. The first-order valence-corrected chi connectivity index (χ1v) is 8.37. The second kappa shape index (κ2) is 9.14. The van der Waals surface area contributed by atoms with Gasteiger partial charge in [-0.2, -0.15) is 0 Å². The molecular weight excluding hydrogens is 284 g/mol. The molecule has 2 rings (SSSR count). The van der Waals surface area contributed by atoms with Crippen LogP contribution in [0.1, 0.15) is 58.1 Å². The monoisotopic (exact) mass is 312 g/mol. The van der Waals surface area contributed by atoms with E-state index in [1.807, 2.05) is 44.2 Å². The van der Waals surface area contributed by atoms with Crippen LogP contribution >= 0.6 is 0 Å². The minimum Gasteiger partial charge on any atom is -0.508 e. The van der Waals surface area contributed by atoms with E-state index in [2.05, 4.69) is 19.1 Å². The highest BCUT2D eigenvalue weighted by molar-refractivity contribution is 5.75. The summed E-state index contributed by atoms with van der Waals surface area (Å²) in [4.78, 5) is 11.2. The molecule has 0 aliphatic carbocycles. The predicted octanol–water partition coefficient (Wildman–Crippen LogP) is 5.48. The number of carbonyl (C=O) groups is 1. The van der Waals surface area contributed by atoms with Crippen LogP contribution in [0.5, 0.6) is 5.75 Å². The molecule has 2 aromatic rings. The van der Waals surface area contributed by atoms with Crippen molar-refractivity contribution in [2.75, 3.05) is 0 Å². The Balaban J connectivity index is 0.00000127. The fraction of sp³-hybridized carbons (Fsp3) is 0.381. The third-order valence-electron chi connectivity index (χ3n) is 4.12. The van der Waals surface area contributed by atoms with Gasteiger partial charge < -0.3 is 9.90 Å². The van der Waals surface area contributed by atoms with Gasteiger partial charge in [0.1, 0.15) is 11.5 Å². The quantitative estimate of drug-likeness (QED) is 0.766. The molecule has 0 aliphatic rings. The number of phenolic OH excluding ortho intramolecular Hbond substituents is 1. The molecule has 1 N–H and O–H groups in total.